The van der Waals surface area contributed by atoms with E-state index in [0.29, 0.717) is 12.3 Å². The summed E-state index contributed by atoms with van der Waals surface area (Å²) in [6.07, 6.45) is 8.14. The van der Waals surface area contributed by atoms with Gasteiger partial charge in [-0.2, -0.15) is 0 Å². The predicted molar refractivity (Wildman–Crippen MR) is 89.8 cm³/mol. The average Bonchev–Trinajstić information content (AvgIpc) is 2.84. The number of allylic oxidation sites excluding steroid dienone is 1. The minimum Gasteiger partial charge on any atom is -0.393 e. The lowest BCUT2D eigenvalue weighted by molar-refractivity contribution is -0.135. The first-order chi connectivity index (χ1) is 10.9. The van der Waals surface area contributed by atoms with Gasteiger partial charge in [0.15, 0.2) is 0 Å². The Hall–Kier alpha value is -0.960. The molecule has 2 unspecified atom stereocenters. The van der Waals surface area contributed by atoms with Crippen molar-refractivity contribution >= 4 is 12.6 Å². The van der Waals surface area contributed by atoms with Gasteiger partial charge < -0.3 is 14.7 Å². The Labute approximate surface area is 139 Å². The van der Waals surface area contributed by atoms with Crippen molar-refractivity contribution in [2.24, 2.45) is 34.5 Å². The van der Waals surface area contributed by atoms with E-state index in [1.165, 1.54) is 11.9 Å². The van der Waals surface area contributed by atoms with Crippen LogP contribution in [-0.4, -0.2) is 23.8 Å². The maximum Gasteiger partial charge on any atom is 0.123 e. The van der Waals surface area contributed by atoms with Crippen LogP contribution in [0.1, 0.15) is 58.8 Å². The third-order valence-corrected chi connectivity index (χ3v) is 7.84. The summed E-state index contributed by atoms with van der Waals surface area (Å²) < 4.78 is 0. The first-order valence-electron chi connectivity index (χ1n) is 9.13. The smallest absolute Gasteiger partial charge is 0.123 e. The molecule has 7 atom stereocenters. The predicted octanol–water partition coefficient (Wildman–Crippen LogP) is 3.55. The number of aldehydes is 2. The maximum atomic E-state index is 12.0. The van der Waals surface area contributed by atoms with E-state index < -0.39 is 0 Å². The van der Waals surface area contributed by atoms with E-state index in [1.54, 1.807) is 0 Å². The highest BCUT2D eigenvalue weighted by Crippen LogP contribution is 2.62. The Morgan fingerprint density at radius 3 is 2.48 bits per heavy atom. The van der Waals surface area contributed by atoms with E-state index in [2.05, 4.69) is 20.4 Å². The van der Waals surface area contributed by atoms with Crippen LogP contribution in [0.3, 0.4) is 0 Å². The highest BCUT2D eigenvalue weighted by molar-refractivity contribution is 5.59. The van der Waals surface area contributed by atoms with Crippen LogP contribution in [0.15, 0.2) is 12.2 Å². The minimum atomic E-state index is -0.368. The Bertz CT molecular complexity index is 513. The molecule has 3 heteroatoms. The molecule has 3 aliphatic rings. The second-order valence-electron chi connectivity index (χ2n) is 8.70. The van der Waals surface area contributed by atoms with E-state index in [0.717, 1.165) is 44.8 Å². The minimum absolute atomic E-state index is 0.0238. The lowest BCUT2D eigenvalue weighted by atomic mass is 9.49. The van der Waals surface area contributed by atoms with Crippen LogP contribution in [-0.2, 0) is 9.59 Å². The lowest BCUT2D eigenvalue weighted by Gasteiger charge is -2.54. The molecular weight excluding hydrogens is 288 g/mol. The van der Waals surface area contributed by atoms with Gasteiger partial charge in [0, 0.05) is 11.8 Å². The summed E-state index contributed by atoms with van der Waals surface area (Å²) in [6, 6.07) is 0. The van der Waals surface area contributed by atoms with E-state index >= 15 is 0 Å². The van der Waals surface area contributed by atoms with Gasteiger partial charge >= 0.3 is 0 Å². The summed E-state index contributed by atoms with van der Waals surface area (Å²) in [5.41, 5.74) is 1.25. The van der Waals surface area contributed by atoms with Gasteiger partial charge in [0.25, 0.3) is 0 Å². The summed E-state index contributed by atoms with van der Waals surface area (Å²) in [5.74, 6) is 0.525. The van der Waals surface area contributed by atoms with Crippen LogP contribution in [0.4, 0.5) is 0 Å². The molecule has 0 heterocycles. The molecule has 3 aliphatic carbocycles. The van der Waals surface area contributed by atoms with Crippen molar-refractivity contribution in [3.63, 3.8) is 0 Å². The SMILES string of the molecule is C=C1CCC2[C@H](C=O)C([C@@]3(C)CC[C@H](O)C[C@@H]3C=O)CC[C@]12C. The summed E-state index contributed by atoms with van der Waals surface area (Å²) in [5, 5.41) is 9.95. The molecule has 128 valence electrons. The summed E-state index contributed by atoms with van der Waals surface area (Å²) in [6.45, 7) is 8.74. The monoisotopic (exact) mass is 318 g/mol. The molecule has 0 radical (unpaired) electrons. The third-order valence-electron chi connectivity index (χ3n) is 7.84. The maximum absolute atomic E-state index is 12.0. The van der Waals surface area contributed by atoms with E-state index in [4.69, 9.17) is 0 Å². The van der Waals surface area contributed by atoms with Crippen LogP contribution in [0.2, 0.25) is 0 Å². The Morgan fingerprint density at radius 2 is 1.83 bits per heavy atom. The fourth-order valence-corrected chi connectivity index (χ4v) is 6.08. The van der Waals surface area contributed by atoms with Crippen molar-refractivity contribution in [1.82, 2.24) is 0 Å². The number of carbonyl (C=O) groups excluding carboxylic acids is 2. The standard InChI is InChI=1S/C20H30O3/c1-13-4-5-17-16(12-22)18(7-9-19(13,17)2)20(3)8-6-15(23)10-14(20)11-21/h11-12,14-18,23H,1,4-10H2,2-3H3/t14-,15+,16+,17?,18?,19-,20+/m1/s1. The number of aliphatic hydroxyl groups excluding tert-OH is 1. The van der Waals surface area contributed by atoms with Gasteiger partial charge in [0.1, 0.15) is 12.6 Å². The molecule has 23 heavy (non-hydrogen) atoms. The molecule has 0 spiro atoms. The number of hydrogen-bond donors (Lipinski definition) is 1. The highest BCUT2D eigenvalue weighted by Gasteiger charge is 2.56. The first-order valence-corrected chi connectivity index (χ1v) is 9.13. The molecule has 0 aromatic carbocycles. The molecule has 1 N–H and O–H groups in total. The van der Waals surface area contributed by atoms with Crippen LogP contribution in [0.25, 0.3) is 0 Å². The van der Waals surface area contributed by atoms with E-state index in [-0.39, 0.29) is 34.7 Å². The summed E-state index contributed by atoms with van der Waals surface area (Å²) in [7, 11) is 0. The molecule has 0 amide bonds. The van der Waals surface area contributed by atoms with Crippen molar-refractivity contribution in [2.45, 2.75) is 64.9 Å². The van der Waals surface area contributed by atoms with Crippen molar-refractivity contribution in [3.05, 3.63) is 12.2 Å². The molecule has 3 saturated carbocycles. The van der Waals surface area contributed by atoms with Crippen molar-refractivity contribution in [2.75, 3.05) is 0 Å². The molecule has 3 nitrogen and oxygen atoms in total. The van der Waals surface area contributed by atoms with Gasteiger partial charge in [0.2, 0.25) is 0 Å². The Morgan fingerprint density at radius 1 is 1.09 bits per heavy atom. The fourth-order valence-electron chi connectivity index (χ4n) is 6.08. The number of hydrogen-bond acceptors (Lipinski definition) is 3. The van der Waals surface area contributed by atoms with Gasteiger partial charge in [-0.3, -0.25) is 0 Å². The van der Waals surface area contributed by atoms with Crippen molar-refractivity contribution in [1.29, 1.82) is 0 Å². The molecule has 0 aromatic heterocycles. The van der Waals surface area contributed by atoms with Crippen molar-refractivity contribution < 1.29 is 14.7 Å². The zero-order valence-corrected chi connectivity index (χ0v) is 14.5. The molecular formula is C20H30O3. The number of fused-ring (bicyclic) bond motifs is 1. The Balaban J connectivity index is 1.92. The second kappa shape index (κ2) is 5.84. The third kappa shape index (κ3) is 2.43. The summed E-state index contributed by atoms with van der Waals surface area (Å²) in [4.78, 5) is 23.7. The first kappa shape index (κ1) is 16.9. The van der Waals surface area contributed by atoms with E-state index in [1.807, 2.05) is 0 Å². The largest absolute Gasteiger partial charge is 0.393 e. The van der Waals surface area contributed by atoms with Crippen LogP contribution in [0, 0.1) is 34.5 Å². The van der Waals surface area contributed by atoms with Gasteiger partial charge in [-0.1, -0.05) is 26.0 Å². The molecule has 0 aromatic rings. The van der Waals surface area contributed by atoms with Crippen LogP contribution < -0.4 is 0 Å². The molecule has 0 saturated heterocycles. The van der Waals surface area contributed by atoms with Gasteiger partial charge in [0.05, 0.1) is 6.10 Å². The Kier molecular flexibility index (Phi) is 4.29. The molecule has 3 fully saturated rings. The summed E-state index contributed by atoms with van der Waals surface area (Å²) >= 11 is 0. The van der Waals surface area contributed by atoms with Gasteiger partial charge in [-0.25, -0.2) is 0 Å². The molecule has 0 bridgehead atoms. The van der Waals surface area contributed by atoms with Gasteiger partial charge in [-0.05, 0) is 67.6 Å². The highest BCUT2D eigenvalue weighted by atomic mass is 16.3. The average molecular weight is 318 g/mol. The number of carbonyl (C=O) groups is 2. The normalized spacial score (nSPS) is 50.4. The quantitative estimate of drug-likeness (QED) is 0.639. The molecule has 3 rings (SSSR count). The zero-order chi connectivity index (χ0) is 16.8. The second-order valence-corrected chi connectivity index (χ2v) is 8.70. The fraction of sp³-hybridized carbons (Fsp3) is 0.800. The van der Waals surface area contributed by atoms with Crippen molar-refractivity contribution in [3.8, 4) is 0 Å². The topological polar surface area (TPSA) is 54.4 Å². The van der Waals surface area contributed by atoms with Crippen LogP contribution in [0.5, 0.6) is 0 Å². The van der Waals surface area contributed by atoms with Crippen LogP contribution >= 0.6 is 0 Å². The van der Waals surface area contributed by atoms with E-state index in [9.17, 15) is 14.7 Å². The lowest BCUT2D eigenvalue weighted by Crippen LogP contribution is -2.51. The number of aliphatic hydroxyl groups is 1. The van der Waals surface area contributed by atoms with Gasteiger partial charge in [-0.15, -0.1) is 0 Å². The zero-order valence-electron chi connectivity index (χ0n) is 14.5. The molecule has 0 aliphatic heterocycles. The number of rotatable bonds is 3.